The van der Waals surface area contributed by atoms with Gasteiger partial charge in [-0.3, -0.25) is 18.3 Å². The van der Waals surface area contributed by atoms with Gasteiger partial charge in [-0.15, -0.1) is 0 Å². The number of carbonyl (C=O) groups is 2. The summed E-state index contributed by atoms with van der Waals surface area (Å²) in [5.41, 5.74) is 5.25. The Balaban J connectivity index is -0.000000162. The molecule has 62 heavy (non-hydrogen) atoms. The molecule has 0 radical (unpaired) electrons. The first-order valence-electron chi connectivity index (χ1n) is 23.6. The quantitative estimate of drug-likeness (QED) is 0.0188. The molecular weight excluding hydrogens is 839 g/mol. The van der Waals surface area contributed by atoms with Gasteiger partial charge in [0.15, 0.2) is 0 Å². The highest BCUT2D eigenvalue weighted by Gasteiger charge is 2.07. The second kappa shape index (κ2) is 52.2. The molecule has 0 aromatic heterocycles. The summed E-state index contributed by atoms with van der Waals surface area (Å²) in [6, 6.07) is 0. The van der Waals surface area contributed by atoms with Gasteiger partial charge in [-0.2, -0.15) is 8.42 Å². The molecule has 0 saturated carbocycles. The van der Waals surface area contributed by atoms with E-state index in [0.29, 0.717) is 19.4 Å². The highest BCUT2D eigenvalue weighted by molar-refractivity contribution is 7.81. The van der Waals surface area contributed by atoms with Crippen LogP contribution in [0.15, 0.2) is 0 Å². The molecule has 0 rings (SSSR count). The van der Waals surface area contributed by atoms with E-state index < -0.39 is 26.8 Å². The van der Waals surface area contributed by atoms with Crippen LogP contribution >= 0.6 is 0 Å². The molecule has 0 heterocycles. The Morgan fingerprint density at radius 1 is 0.645 bits per heavy atom. The summed E-state index contributed by atoms with van der Waals surface area (Å²) in [5.74, 6) is 0.943. The van der Waals surface area contributed by atoms with Gasteiger partial charge < -0.3 is 29.5 Å². The first-order chi connectivity index (χ1) is 28.8. The van der Waals surface area contributed by atoms with E-state index in [1.165, 1.54) is 117 Å². The van der Waals surface area contributed by atoms with Crippen LogP contribution in [0.1, 0.15) is 197 Å². The smallest absolute Gasteiger partial charge is 0.397 e. The molecule has 0 aliphatic heterocycles. The van der Waals surface area contributed by atoms with Crippen molar-refractivity contribution in [1.29, 1.82) is 0 Å². The number of ether oxygens (including phenoxy) is 1. The van der Waals surface area contributed by atoms with E-state index >= 15 is 0 Å². The number of aliphatic carboxylic acids is 1. The van der Waals surface area contributed by atoms with E-state index in [2.05, 4.69) is 83.0 Å². The Hall–Kier alpha value is -1.44. The molecule has 17 heteroatoms. The average molecular weight is 940 g/mol. The molecule has 0 bridgehead atoms. The molecule has 0 aliphatic carbocycles. The Kier molecular flexibility index (Phi) is 60.7. The first-order valence-corrected chi connectivity index (χ1v) is 26.3. The van der Waals surface area contributed by atoms with Crippen molar-refractivity contribution in [3.63, 3.8) is 0 Å². The number of rotatable bonds is 32. The van der Waals surface area contributed by atoms with Crippen molar-refractivity contribution in [3.8, 4) is 0 Å². The topological polar surface area (TPSA) is 223 Å². The Labute approximate surface area is 383 Å². The number of quaternary nitrogens is 1. The van der Waals surface area contributed by atoms with Crippen molar-refractivity contribution in [2.45, 2.75) is 197 Å². The van der Waals surface area contributed by atoms with Crippen molar-refractivity contribution in [1.82, 2.24) is 4.90 Å². The molecule has 0 aromatic rings. The lowest BCUT2D eigenvalue weighted by molar-refractivity contribution is -0.888. The number of carboxylic acid groups (broad SMARTS) is 1. The van der Waals surface area contributed by atoms with Gasteiger partial charge in [0.2, 0.25) is 10.4 Å². The number of esters is 1. The van der Waals surface area contributed by atoms with Gasteiger partial charge in [-0.25, -0.2) is 12.6 Å². The van der Waals surface area contributed by atoms with Crippen LogP contribution in [-0.4, -0.2) is 127 Å². The number of hydrogen-bond acceptors (Lipinski definition) is 12. The minimum Gasteiger partial charge on any atom is -0.726 e. The van der Waals surface area contributed by atoms with Crippen molar-refractivity contribution < 1.29 is 58.2 Å². The molecule has 0 saturated heterocycles. The maximum Gasteiger partial charge on any atom is 0.397 e. The van der Waals surface area contributed by atoms with Crippen LogP contribution in [0.25, 0.3) is 0 Å². The zero-order chi connectivity index (χ0) is 49.3. The zero-order valence-electron chi connectivity index (χ0n) is 42.2. The third-order valence-corrected chi connectivity index (χ3v) is 9.97. The molecular formula is C45H101N3O12S2. The molecule has 0 aliphatic rings. The largest absolute Gasteiger partial charge is 0.726 e. The number of nitrogens with zero attached hydrogens (tertiary/aromatic N) is 2. The highest BCUT2D eigenvalue weighted by Crippen LogP contribution is 2.14. The van der Waals surface area contributed by atoms with Crippen LogP contribution in [0.5, 0.6) is 0 Å². The molecule has 0 unspecified atom stereocenters. The predicted octanol–water partition coefficient (Wildman–Crippen LogP) is 10.0. The Bertz CT molecular complexity index is 1110. The normalized spacial score (nSPS) is 11.1. The molecule has 0 aromatic carbocycles. The number of carbonyl (C=O) groups excluding carboxylic acids is 1. The molecule has 380 valence electrons. The SMILES string of the molecule is CC(C)CCCCCCCCCCCCCCC(=O)O.CCC[N+](C)(C)CC.CCOC(=O)CCCCCC(C)C.CCOS(=O)(=O)O.CCOS(=O)(=O)[O-].CN(C)CCCN. The predicted molar refractivity (Wildman–Crippen MR) is 256 cm³/mol. The van der Waals surface area contributed by atoms with Gasteiger partial charge in [0, 0.05) is 12.8 Å². The second-order valence-corrected chi connectivity index (χ2v) is 19.1. The van der Waals surface area contributed by atoms with E-state index in [4.69, 9.17) is 20.1 Å². The Morgan fingerprint density at radius 2 is 1.03 bits per heavy atom. The van der Waals surface area contributed by atoms with Crippen LogP contribution in [-0.2, 0) is 43.5 Å². The molecule has 0 atom stereocenters. The fraction of sp³-hybridized carbons (Fsp3) is 0.956. The van der Waals surface area contributed by atoms with Crippen molar-refractivity contribution in [2.24, 2.45) is 17.6 Å². The van der Waals surface area contributed by atoms with Gasteiger partial charge in [-0.1, -0.05) is 131 Å². The molecule has 0 spiro atoms. The minimum atomic E-state index is -4.42. The molecule has 0 amide bonds. The zero-order valence-corrected chi connectivity index (χ0v) is 43.9. The second-order valence-electron chi connectivity index (χ2n) is 16.9. The minimum absolute atomic E-state index is 0.0289. The van der Waals surface area contributed by atoms with Crippen molar-refractivity contribution in [2.75, 3.05) is 74.2 Å². The van der Waals surface area contributed by atoms with Crippen LogP contribution in [0, 0.1) is 11.8 Å². The Morgan fingerprint density at radius 3 is 1.26 bits per heavy atom. The lowest BCUT2D eigenvalue weighted by Crippen LogP contribution is -2.39. The van der Waals surface area contributed by atoms with Gasteiger partial charge in [0.05, 0.1) is 47.0 Å². The third kappa shape index (κ3) is 93.5. The van der Waals surface area contributed by atoms with Crippen molar-refractivity contribution >= 4 is 32.7 Å². The first kappa shape index (κ1) is 72.2. The van der Waals surface area contributed by atoms with Crippen LogP contribution < -0.4 is 5.73 Å². The van der Waals surface area contributed by atoms with Crippen LogP contribution in [0.4, 0.5) is 0 Å². The van der Waals surface area contributed by atoms with Gasteiger partial charge in [0.25, 0.3) is 0 Å². The van der Waals surface area contributed by atoms with Gasteiger partial charge >= 0.3 is 22.3 Å². The van der Waals surface area contributed by atoms with E-state index in [1.54, 1.807) is 0 Å². The molecule has 15 nitrogen and oxygen atoms in total. The molecule has 0 fully saturated rings. The lowest BCUT2D eigenvalue weighted by atomic mass is 10.0. The van der Waals surface area contributed by atoms with E-state index in [9.17, 15) is 31.0 Å². The molecule has 4 N–H and O–H groups in total. The summed E-state index contributed by atoms with van der Waals surface area (Å²) in [5, 5.41) is 8.52. The van der Waals surface area contributed by atoms with Crippen molar-refractivity contribution in [3.05, 3.63) is 0 Å². The van der Waals surface area contributed by atoms with Crippen LogP contribution in [0.2, 0.25) is 0 Å². The van der Waals surface area contributed by atoms with E-state index in [0.717, 1.165) is 61.5 Å². The standard InChI is InChI=1S/C18H36O2.C11H22O2.C7H18N.C5H14N2.2C2H6O4S/c1-17(2)15-13-11-9-7-5-3-4-6-8-10-12-14-16-18(19)20;1-4-13-11(12)9-7-5-6-8-10(2)3;1-5-7-8(3,4)6-2;1-7(2)5-3-4-6;2*1-2-6-7(3,4)5/h17H,3-16H2,1-2H3,(H,19,20);10H,4-9H2,1-3H3;5-7H2,1-4H3;3-6H2,1-2H3;2*2H2,1H3,(H,3,4,5)/q;;+1;;;/p-1. The van der Waals surface area contributed by atoms with Gasteiger partial charge in [-0.05, 0) is 92.4 Å². The summed E-state index contributed by atoms with van der Waals surface area (Å²) in [7, 11) is 0.0388. The summed E-state index contributed by atoms with van der Waals surface area (Å²) in [6.07, 6.45) is 24.9. The average Bonchev–Trinajstić information content (AvgIpc) is 3.14. The maximum atomic E-state index is 10.9. The lowest BCUT2D eigenvalue weighted by Gasteiger charge is -2.27. The summed E-state index contributed by atoms with van der Waals surface area (Å²) in [6.45, 7) is 23.1. The van der Waals surface area contributed by atoms with E-state index in [1.807, 2.05) is 6.92 Å². The monoisotopic (exact) mass is 940 g/mol. The summed E-state index contributed by atoms with van der Waals surface area (Å²) in [4.78, 5) is 23.4. The number of carboxylic acids is 1. The summed E-state index contributed by atoms with van der Waals surface area (Å²) >= 11 is 0. The van der Waals surface area contributed by atoms with Gasteiger partial charge in [0.1, 0.15) is 0 Å². The highest BCUT2D eigenvalue weighted by atomic mass is 32.3. The maximum absolute atomic E-state index is 10.9. The fourth-order valence-electron chi connectivity index (χ4n) is 5.29. The van der Waals surface area contributed by atoms with E-state index in [-0.39, 0.29) is 19.2 Å². The van der Waals surface area contributed by atoms with Crippen LogP contribution in [0.3, 0.4) is 0 Å². The summed E-state index contributed by atoms with van der Waals surface area (Å²) < 4.78 is 68.7. The third-order valence-electron chi connectivity index (χ3n) is 8.91. The number of hydrogen-bond donors (Lipinski definition) is 3. The number of nitrogens with two attached hydrogens (primary N) is 1. The number of unbranched alkanes of at least 4 members (excludes halogenated alkanes) is 13. The fourth-order valence-corrected chi connectivity index (χ4v) is 5.88.